The van der Waals surface area contributed by atoms with Gasteiger partial charge in [-0.2, -0.15) is 0 Å². The number of nitrogens with two attached hydrogens (primary N) is 1. The van der Waals surface area contributed by atoms with Gasteiger partial charge in [0.05, 0.1) is 18.9 Å². The number of primary amides is 1. The number of halogens is 1. The second-order valence-electron chi connectivity index (χ2n) is 8.71. The zero-order valence-electron chi connectivity index (χ0n) is 19.3. The number of amides is 1. The predicted octanol–water partition coefficient (Wildman–Crippen LogP) is 1.82. The minimum atomic E-state index is -0.195. The van der Waals surface area contributed by atoms with Crippen LogP contribution in [0.1, 0.15) is 30.9 Å². The van der Waals surface area contributed by atoms with Gasteiger partial charge in [0.15, 0.2) is 5.96 Å². The van der Waals surface area contributed by atoms with Gasteiger partial charge in [0.1, 0.15) is 0 Å². The maximum atomic E-state index is 12.0. The van der Waals surface area contributed by atoms with E-state index in [0.717, 1.165) is 45.0 Å². The molecule has 0 saturated carbocycles. The van der Waals surface area contributed by atoms with Gasteiger partial charge in [0, 0.05) is 39.8 Å². The number of aliphatic imine (C=N–C) groups is 1. The van der Waals surface area contributed by atoms with Crippen molar-refractivity contribution >= 4 is 41.8 Å². The number of carbonyl (C=O) groups is 2. The fourth-order valence-corrected chi connectivity index (χ4v) is 4.64. The Hall–Kier alpha value is -1.88. The normalized spacial score (nSPS) is 24.0. The smallest absolute Gasteiger partial charge is 0.310 e. The highest BCUT2D eigenvalue weighted by molar-refractivity contribution is 14.0. The van der Waals surface area contributed by atoms with Crippen molar-refractivity contribution in [3.8, 4) is 0 Å². The molecule has 1 amide bonds. The number of nitrogens with one attached hydrogen (secondary N) is 1. The van der Waals surface area contributed by atoms with Crippen molar-refractivity contribution in [1.82, 2.24) is 15.1 Å². The van der Waals surface area contributed by atoms with E-state index in [1.54, 1.807) is 7.05 Å². The molecule has 2 aliphatic rings. The molecule has 2 aliphatic heterocycles. The topological polar surface area (TPSA) is 100 Å². The van der Waals surface area contributed by atoms with Gasteiger partial charge in [-0.05, 0) is 36.4 Å². The lowest BCUT2D eigenvalue weighted by Crippen LogP contribution is -2.40. The van der Waals surface area contributed by atoms with E-state index in [2.05, 4.69) is 51.3 Å². The van der Waals surface area contributed by atoms with Crippen molar-refractivity contribution in [3.63, 3.8) is 0 Å². The van der Waals surface area contributed by atoms with Crippen LogP contribution in [-0.2, 0) is 27.4 Å². The molecule has 1 aromatic rings. The number of piperidine rings is 1. The van der Waals surface area contributed by atoms with Crippen LogP contribution < -0.4 is 11.1 Å². The van der Waals surface area contributed by atoms with Crippen molar-refractivity contribution in [2.45, 2.75) is 32.9 Å². The van der Waals surface area contributed by atoms with Crippen LogP contribution >= 0.6 is 24.0 Å². The Balaban J connectivity index is 0.00000363. The third kappa shape index (κ3) is 6.81. The number of guanidine groups is 1. The Labute approximate surface area is 208 Å². The Bertz CT molecular complexity index is 819. The highest BCUT2D eigenvalue weighted by Gasteiger charge is 2.36. The SMILES string of the molecule is CN=C(NCc1cccc(CN2CCCC(C(N)=O)C2)c1)N1CC(C)C(C(=O)OC)C1.I. The summed E-state index contributed by atoms with van der Waals surface area (Å²) < 4.78 is 4.94. The standard InChI is InChI=1S/C23H35N5O3.HI/c1-16-12-28(15-20(16)22(30)31-3)23(25-2)26-11-17-6-4-7-18(10-17)13-27-9-5-8-19(14-27)21(24)29;/h4,6-7,10,16,19-20H,5,8-9,11-15H2,1-3H3,(H2,24,29)(H,25,26);1H. The molecule has 2 heterocycles. The summed E-state index contributed by atoms with van der Waals surface area (Å²) in [5, 5.41) is 3.43. The lowest BCUT2D eigenvalue weighted by atomic mass is 9.97. The summed E-state index contributed by atoms with van der Waals surface area (Å²) in [4.78, 5) is 32.3. The van der Waals surface area contributed by atoms with Crippen molar-refractivity contribution in [3.05, 3.63) is 35.4 Å². The number of likely N-dealkylation sites (tertiary alicyclic amines) is 2. The van der Waals surface area contributed by atoms with Crippen LogP contribution in [0.4, 0.5) is 0 Å². The lowest BCUT2D eigenvalue weighted by Gasteiger charge is -2.31. The number of ether oxygens (including phenoxy) is 1. The van der Waals surface area contributed by atoms with E-state index >= 15 is 0 Å². The Morgan fingerprint density at radius 1 is 1.25 bits per heavy atom. The molecule has 2 saturated heterocycles. The number of hydrogen-bond acceptors (Lipinski definition) is 5. The molecule has 0 bridgehead atoms. The van der Waals surface area contributed by atoms with Crippen molar-refractivity contribution < 1.29 is 14.3 Å². The first-order valence-corrected chi connectivity index (χ1v) is 11.0. The van der Waals surface area contributed by atoms with E-state index in [9.17, 15) is 9.59 Å². The fourth-order valence-electron chi connectivity index (χ4n) is 4.64. The number of benzene rings is 1. The van der Waals surface area contributed by atoms with Crippen LogP contribution in [0.15, 0.2) is 29.3 Å². The lowest BCUT2D eigenvalue weighted by molar-refractivity contribution is -0.146. The van der Waals surface area contributed by atoms with Crippen LogP contribution in [-0.4, -0.2) is 68.0 Å². The first kappa shape index (κ1) is 26.4. The monoisotopic (exact) mass is 557 g/mol. The molecule has 0 spiro atoms. The Kier molecular flexibility index (Phi) is 10.2. The quantitative estimate of drug-likeness (QED) is 0.240. The van der Waals surface area contributed by atoms with Crippen LogP contribution in [0.5, 0.6) is 0 Å². The number of esters is 1. The zero-order chi connectivity index (χ0) is 22.4. The van der Waals surface area contributed by atoms with E-state index in [-0.39, 0.29) is 53.6 Å². The number of hydrogen-bond donors (Lipinski definition) is 2. The molecule has 0 aliphatic carbocycles. The van der Waals surface area contributed by atoms with Crippen LogP contribution in [0.2, 0.25) is 0 Å². The van der Waals surface area contributed by atoms with E-state index < -0.39 is 0 Å². The van der Waals surface area contributed by atoms with Crippen molar-refractivity contribution in [2.75, 3.05) is 40.3 Å². The minimum Gasteiger partial charge on any atom is -0.469 e. The molecule has 178 valence electrons. The molecule has 9 heteroatoms. The molecule has 32 heavy (non-hydrogen) atoms. The molecule has 3 N–H and O–H groups in total. The van der Waals surface area contributed by atoms with E-state index in [0.29, 0.717) is 13.1 Å². The van der Waals surface area contributed by atoms with Crippen LogP contribution in [0.25, 0.3) is 0 Å². The van der Waals surface area contributed by atoms with Crippen LogP contribution in [0.3, 0.4) is 0 Å². The van der Waals surface area contributed by atoms with E-state index in [1.165, 1.54) is 18.2 Å². The summed E-state index contributed by atoms with van der Waals surface area (Å²) in [5.41, 5.74) is 7.89. The van der Waals surface area contributed by atoms with Gasteiger partial charge in [0.25, 0.3) is 0 Å². The third-order valence-corrected chi connectivity index (χ3v) is 6.38. The average molecular weight is 557 g/mol. The first-order valence-electron chi connectivity index (χ1n) is 11.0. The molecular formula is C23H36IN5O3. The van der Waals surface area contributed by atoms with Crippen LogP contribution in [0, 0.1) is 17.8 Å². The second-order valence-corrected chi connectivity index (χ2v) is 8.71. The van der Waals surface area contributed by atoms with E-state index in [4.69, 9.17) is 10.5 Å². The second kappa shape index (κ2) is 12.4. The molecule has 8 nitrogen and oxygen atoms in total. The summed E-state index contributed by atoms with van der Waals surface area (Å²) in [5.74, 6) is 0.500. The highest BCUT2D eigenvalue weighted by Crippen LogP contribution is 2.24. The van der Waals surface area contributed by atoms with E-state index in [1.807, 2.05) is 0 Å². The summed E-state index contributed by atoms with van der Waals surface area (Å²) in [6.07, 6.45) is 1.90. The van der Waals surface area contributed by atoms with Crippen molar-refractivity contribution in [2.24, 2.45) is 28.5 Å². The van der Waals surface area contributed by atoms with Gasteiger partial charge in [-0.3, -0.25) is 19.5 Å². The zero-order valence-corrected chi connectivity index (χ0v) is 21.6. The average Bonchev–Trinajstić information content (AvgIpc) is 3.15. The maximum Gasteiger partial charge on any atom is 0.310 e. The summed E-state index contributed by atoms with van der Waals surface area (Å²) in [7, 11) is 3.20. The number of rotatable bonds is 6. The molecule has 3 rings (SSSR count). The highest BCUT2D eigenvalue weighted by atomic mass is 127. The van der Waals surface area contributed by atoms with Gasteiger partial charge in [-0.1, -0.05) is 31.2 Å². The summed E-state index contributed by atoms with van der Waals surface area (Å²) in [6, 6.07) is 8.47. The molecular weight excluding hydrogens is 521 g/mol. The maximum absolute atomic E-state index is 12.0. The minimum absolute atomic E-state index is 0. The van der Waals surface area contributed by atoms with Gasteiger partial charge in [0.2, 0.25) is 5.91 Å². The molecule has 0 aromatic heterocycles. The Morgan fingerprint density at radius 3 is 2.69 bits per heavy atom. The summed E-state index contributed by atoms with van der Waals surface area (Å²) >= 11 is 0. The number of carbonyl (C=O) groups excluding carboxylic acids is 2. The van der Waals surface area contributed by atoms with Gasteiger partial charge < -0.3 is 20.7 Å². The van der Waals surface area contributed by atoms with Gasteiger partial charge >= 0.3 is 5.97 Å². The van der Waals surface area contributed by atoms with Crippen molar-refractivity contribution in [1.29, 1.82) is 0 Å². The summed E-state index contributed by atoms with van der Waals surface area (Å²) in [6.45, 7) is 6.65. The molecule has 3 atom stereocenters. The third-order valence-electron chi connectivity index (χ3n) is 6.38. The number of methoxy groups -OCH3 is 1. The van der Waals surface area contributed by atoms with Gasteiger partial charge in [-0.15, -0.1) is 24.0 Å². The predicted molar refractivity (Wildman–Crippen MR) is 135 cm³/mol. The molecule has 0 radical (unpaired) electrons. The fraction of sp³-hybridized carbons (Fsp3) is 0.609. The molecule has 1 aromatic carbocycles. The first-order chi connectivity index (χ1) is 14.9. The molecule has 2 fully saturated rings. The van der Waals surface area contributed by atoms with Gasteiger partial charge in [-0.25, -0.2) is 0 Å². The number of nitrogens with zero attached hydrogens (tertiary/aromatic N) is 3. The Morgan fingerprint density at radius 2 is 2.00 bits per heavy atom. The largest absolute Gasteiger partial charge is 0.469 e. The molecule has 3 unspecified atom stereocenters.